The highest BCUT2D eigenvalue weighted by molar-refractivity contribution is 6.35. The van der Waals surface area contributed by atoms with Crippen LogP contribution in [0.3, 0.4) is 0 Å². The summed E-state index contributed by atoms with van der Waals surface area (Å²) >= 11 is 12.2. The fourth-order valence-corrected chi connectivity index (χ4v) is 4.37. The van der Waals surface area contributed by atoms with E-state index < -0.39 is 5.97 Å². The zero-order chi connectivity index (χ0) is 15.0. The Balaban J connectivity index is 1.69. The van der Waals surface area contributed by atoms with Crippen LogP contribution in [0.25, 0.3) is 0 Å². The van der Waals surface area contributed by atoms with E-state index in [-0.39, 0.29) is 0 Å². The predicted octanol–water partition coefficient (Wildman–Crippen LogP) is 4.21. The van der Waals surface area contributed by atoms with Crippen LogP contribution in [0, 0.1) is 5.92 Å². The fourth-order valence-electron chi connectivity index (χ4n) is 3.91. The van der Waals surface area contributed by atoms with Crippen LogP contribution >= 0.6 is 23.2 Å². The van der Waals surface area contributed by atoms with Gasteiger partial charge in [-0.1, -0.05) is 29.3 Å². The molecule has 2 heterocycles. The summed E-state index contributed by atoms with van der Waals surface area (Å²) in [6.07, 6.45) is 4.64. The summed E-state index contributed by atoms with van der Waals surface area (Å²) in [6, 6.07) is 6.66. The largest absolute Gasteiger partial charge is 0.481 e. The Labute approximate surface area is 134 Å². The van der Waals surface area contributed by atoms with Gasteiger partial charge in [0.1, 0.15) is 0 Å². The standard InChI is InChI=1S/C16H19Cl2NO2/c17-12-2-1-11(15(18)8-12)9-19-13-3-4-14(19)6-10(5-13)7-16(20)21/h1-2,8,10,13-14H,3-7,9H2,(H,20,21). The molecule has 2 unspecified atom stereocenters. The van der Waals surface area contributed by atoms with Crippen LogP contribution in [0.15, 0.2) is 18.2 Å². The molecule has 1 aromatic rings. The van der Waals surface area contributed by atoms with Crippen molar-refractivity contribution in [2.24, 2.45) is 5.92 Å². The SMILES string of the molecule is O=C(O)CC1CC2CCC(C1)N2Cc1ccc(Cl)cc1Cl. The summed E-state index contributed by atoms with van der Waals surface area (Å²) in [5.41, 5.74) is 1.11. The summed E-state index contributed by atoms with van der Waals surface area (Å²) in [5.74, 6) is -0.342. The number of halogens is 2. The lowest BCUT2D eigenvalue weighted by Gasteiger charge is -2.38. The van der Waals surface area contributed by atoms with E-state index in [9.17, 15) is 4.79 Å². The maximum atomic E-state index is 10.9. The van der Waals surface area contributed by atoms with Crippen molar-refractivity contribution in [1.82, 2.24) is 4.90 Å². The van der Waals surface area contributed by atoms with Gasteiger partial charge >= 0.3 is 5.97 Å². The van der Waals surface area contributed by atoms with Gasteiger partial charge in [-0.05, 0) is 49.3 Å². The van der Waals surface area contributed by atoms with Gasteiger partial charge in [-0.3, -0.25) is 9.69 Å². The third-order valence-electron chi connectivity index (χ3n) is 4.81. The van der Waals surface area contributed by atoms with Crippen LogP contribution in [0.4, 0.5) is 0 Å². The number of piperidine rings is 1. The van der Waals surface area contributed by atoms with Crippen molar-refractivity contribution in [1.29, 1.82) is 0 Å². The topological polar surface area (TPSA) is 40.5 Å². The molecule has 2 bridgehead atoms. The summed E-state index contributed by atoms with van der Waals surface area (Å²) in [4.78, 5) is 13.4. The van der Waals surface area contributed by atoms with Gasteiger partial charge in [0.25, 0.3) is 0 Å². The van der Waals surface area contributed by atoms with Crippen molar-refractivity contribution < 1.29 is 9.90 Å². The number of carboxylic acids is 1. The van der Waals surface area contributed by atoms with Gasteiger partial charge in [0, 0.05) is 35.1 Å². The Bertz CT molecular complexity index is 535. The lowest BCUT2D eigenvalue weighted by molar-refractivity contribution is -0.138. The molecule has 0 aliphatic carbocycles. The van der Waals surface area contributed by atoms with Crippen LogP contribution in [-0.2, 0) is 11.3 Å². The molecule has 2 aliphatic heterocycles. The first-order chi connectivity index (χ1) is 10.0. The third-order valence-corrected chi connectivity index (χ3v) is 5.40. The van der Waals surface area contributed by atoms with Gasteiger partial charge in [-0.15, -0.1) is 0 Å². The van der Waals surface area contributed by atoms with E-state index in [4.69, 9.17) is 28.3 Å². The molecule has 0 aromatic heterocycles. The monoisotopic (exact) mass is 327 g/mol. The van der Waals surface area contributed by atoms with Gasteiger partial charge in [0.05, 0.1) is 0 Å². The molecule has 3 rings (SSSR count). The molecule has 0 spiro atoms. The predicted molar refractivity (Wildman–Crippen MR) is 83.8 cm³/mol. The highest BCUT2D eigenvalue weighted by Gasteiger charge is 2.41. The molecule has 2 fully saturated rings. The Morgan fingerprint density at radius 3 is 2.48 bits per heavy atom. The van der Waals surface area contributed by atoms with E-state index in [1.807, 2.05) is 12.1 Å². The second-order valence-corrected chi connectivity index (χ2v) is 7.07. The van der Waals surface area contributed by atoms with E-state index in [2.05, 4.69) is 4.90 Å². The smallest absolute Gasteiger partial charge is 0.303 e. The van der Waals surface area contributed by atoms with E-state index in [1.165, 1.54) is 12.8 Å². The zero-order valence-electron chi connectivity index (χ0n) is 11.8. The number of nitrogens with zero attached hydrogens (tertiary/aromatic N) is 1. The summed E-state index contributed by atoms with van der Waals surface area (Å²) in [7, 11) is 0. The molecule has 2 atom stereocenters. The molecule has 21 heavy (non-hydrogen) atoms. The van der Waals surface area contributed by atoms with Crippen LogP contribution in [0.5, 0.6) is 0 Å². The van der Waals surface area contributed by atoms with Crippen LogP contribution < -0.4 is 0 Å². The van der Waals surface area contributed by atoms with E-state index in [0.29, 0.717) is 29.4 Å². The summed E-state index contributed by atoms with van der Waals surface area (Å²) in [6.45, 7) is 0.838. The molecular weight excluding hydrogens is 309 g/mol. The van der Waals surface area contributed by atoms with Gasteiger partial charge < -0.3 is 5.11 Å². The second-order valence-electron chi connectivity index (χ2n) is 6.23. The quantitative estimate of drug-likeness (QED) is 0.900. The molecule has 2 saturated heterocycles. The van der Waals surface area contributed by atoms with Gasteiger partial charge in [0.2, 0.25) is 0 Å². The van der Waals surface area contributed by atoms with Crippen LogP contribution in [0.1, 0.15) is 37.7 Å². The Kier molecular flexibility index (Phi) is 4.43. The number of benzene rings is 1. The molecule has 3 nitrogen and oxygen atoms in total. The fraction of sp³-hybridized carbons (Fsp3) is 0.562. The molecule has 0 amide bonds. The molecule has 114 valence electrons. The Hall–Kier alpha value is -0.770. The minimum atomic E-state index is -0.673. The first kappa shape index (κ1) is 15.1. The van der Waals surface area contributed by atoms with E-state index in [0.717, 1.165) is 30.0 Å². The van der Waals surface area contributed by atoms with E-state index >= 15 is 0 Å². The molecule has 1 N–H and O–H groups in total. The number of hydrogen-bond acceptors (Lipinski definition) is 2. The highest BCUT2D eigenvalue weighted by Crippen LogP contribution is 2.41. The first-order valence-corrected chi connectivity index (χ1v) is 8.20. The van der Waals surface area contributed by atoms with Gasteiger partial charge in [-0.25, -0.2) is 0 Å². The maximum Gasteiger partial charge on any atom is 0.303 e. The number of aliphatic carboxylic acids is 1. The minimum Gasteiger partial charge on any atom is -0.481 e. The second kappa shape index (κ2) is 6.15. The van der Waals surface area contributed by atoms with E-state index in [1.54, 1.807) is 6.07 Å². The van der Waals surface area contributed by atoms with Crippen molar-refractivity contribution in [3.63, 3.8) is 0 Å². The van der Waals surface area contributed by atoms with Gasteiger partial charge in [-0.2, -0.15) is 0 Å². The average molecular weight is 328 g/mol. The van der Waals surface area contributed by atoms with Crippen molar-refractivity contribution in [2.75, 3.05) is 0 Å². The molecule has 5 heteroatoms. The molecule has 0 saturated carbocycles. The average Bonchev–Trinajstić information content (AvgIpc) is 2.64. The molecule has 1 aromatic carbocycles. The Morgan fingerprint density at radius 1 is 1.24 bits per heavy atom. The normalized spacial score (nSPS) is 28.8. The molecule has 2 aliphatic rings. The number of carbonyl (C=O) groups is 1. The lowest BCUT2D eigenvalue weighted by Crippen LogP contribution is -2.42. The summed E-state index contributed by atoms with van der Waals surface area (Å²) < 4.78 is 0. The number of hydrogen-bond donors (Lipinski definition) is 1. The summed E-state index contributed by atoms with van der Waals surface area (Å²) in [5, 5.41) is 10.4. The first-order valence-electron chi connectivity index (χ1n) is 7.44. The van der Waals surface area contributed by atoms with Crippen molar-refractivity contribution in [2.45, 2.75) is 50.7 Å². The number of carboxylic acid groups (broad SMARTS) is 1. The third kappa shape index (κ3) is 3.36. The molecular formula is C16H19Cl2NO2. The molecule has 0 radical (unpaired) electrons. The van der Waals surface area contributed by atoms with Crippen molar-refractivity contribution in [3.8, 4) is 0 Å². The number of rotatable bonds is 4. The van der Waals surface area contributed by atoms with Crippen molar-refractivity contribution >= 4 is 29.2 Å². The number of fused-ring (bicyclic) bond motifs is 2. The van der Waals surface area contributed by atoms with Crippen molar-refractivity contribution in [3.05, 3.63) is 33.8 Å². The van der Waals surface area contributed by atoms with Crippen LogP contribution in [0.2, 0.25) is 10.0 Å². The zero-order valence-corrected chi connectivity index (χ0v) is 13.3. The highest BCUT2D eigenvalue weighted by atomic mass is 35.5. The minimum absolute atomic E-state index is 0.308. The maximum absolute atomic E-state index is 10.9. The van der Waals surface area contributed by atoms with Crippen LogP contribution in [-0.4, -0.2) is 28.1 Å². The van der Waals surface area contributed by atoms with Gasteiger partial charge in [0.15, 0.2) is 0 Å². The Morgan fingerprint density at radius 2 is 1.90 bits per heavy atom. The lowest BCUT2D eigenvalue weighted by atomic mass is 9.88.